The number of rotatable bonds is 12. The van der Waals surface area contributed by atoms with Crippen LogP contribution in [0.2, 0.25) is 0 Å². The Labute approximate surface area is 250 Å². The molecule has 0 fully saturated rings. The number of ketones is 1. The van der Waals surface area contributed by atoms with E-state index in [-0.39, 0.29) is 17.5 Å². The van der Waals surface area contributed by atoms with Crippen molar-refractivity contribution in [2.45, 2.75) is 84.7 Å². The van der Waals surface area contributed by atoms with E-state index in [1.165, 1.54) is 43.4 Å². The van der Waals surface area contributed by atoms with Crippen molar-refractivity contribution in [3.05, 3.63) is 107 Å². The van der Waals surface area contributed by atoms with Crippen LogP contribution in [0.3, 0.4) is 0 Å². The van der Waals surface area contributed by atoms with Crippen LogP contribution in [0.5, 0.6) is 0 Å². The number of benzene rings is 3. The number of aliphatic hydroxyl groups excluding tert-OH is 1. The number of carbonyl (C=O) groups is 1. The molecule has 0 radical (unpaired) electrons. The lowest BCUT2D eigenvalue weighted by atomic mass is 9.68. The van der Waals surface area contributed by atoms with Crippen LogP contribution in [-0.2, 0) is 24.3 Å². The highest BCUT2D eigenvalue weighted by molar-refractivity contribution is 6.33. The van der Waals surface area contributed by atoms with Crippen LogP contribution in [0, 0.1) is 5.92 Å². The summed E-state index contributed by atoms with van der Waals surface area (Å²) in [5.74, 6) is -0.393. The van der Waals surface area contributed by atoms with E-state index in [1.54, 1.807) is 0 Å². The van der Waals surface area contributed by atoms with Crippen molar-refractivity contribution >= 4 is 33.7 Å². The van der Waals surface area contributed by atoms with Crippen molar-refractivity contribution in [3.63, 3.8) is 0 Å². The van der Waals surface area contributed by atoms with Crippen molar-refractivity contribution in [3.8, 4) is 0 Å². The third-order valence-corrected chi connectivity index (χ3v) is 9.45. The molecule has 4 heteroatoms. The van der Waals surface area contributed by atoms with E-state index in [9.17, 15) is 9.90 Å². The maximum absolute atomic E-state index is 14.3. The van der Waals surface area contributed by atoms with Gasteiger partial charge >= 0.3 is 0 Å². The second-order valence-corrected chi connectivity index (χ2v) is 12.0. The maximum atomic E-state index is 14.3. The number of hydrogen-bond donors (Lipinski definition) is 1. The Hall–Kier alpha value is -3.92. The highest BCUT2D eigenvalue weighted by Crippen LogP contribution is 2.51. The number of para-hydroxylation sites is 2. The number of nitrogens with zero attached hydrogens (tertiary/aromatic N) is 2. The first-order chi connectivity index (χ1) is 20.6. The van der Waals surface area contributed by atoms with Gasteiger partial charge in [-0.15, -0.1) is 0 Å². The van der Waals surface area contributed by atoms with Crippen LogP contribution in [-0.4, -0.2) is 25.7 Å². The van der Waals surface area contributed by atoms with Crippen molar-refractivity contribution in [1.82, 2.24) is 4.57 Å². The summed E-state index contributed by atoms with van der Waals surface area (Å²) in [4.78, 5) is 14.3. The largest absolute Gasteiger partial charge is 0.511 e. The molecule has 0 amide bonds. The molecule has 1 N–H and O–H groups in total. The van der Waals surface area contributed by atoms with Crippen molar-refractivity contribution in [2.24, 2.45) is 5.92 Å². The first kappa shape index (κ1) is 28.2. The summed E-state index contributed by atoms with van der Waals surface area (Å²) in [7, 11) is 0. The molecule has 0 bridgehead atoms. The van der Waals surface area contributed by atoms with Crippen molar-refractivity contribution in [2.75, 3.05) is 0 Å². The zero-order chi connectivity index (χ0) is 29.2. The number of allylic oxidation sites excluding steroid dienone is 2. The molecule has 0 spiro atoms. The molecule has 0 saturated heterocycles. The molecular weight excluding hydrogens is 516 g/mol. The minimum Gasteiger partial charge on any atom is -0.511 e. The Morgan fingerprint density at radius 2 is 1.50 bits per heavy atom. The van der Waals surface area contributed by atoms with Crippen LogP contribution in [0.15, 0.2) is 84.6 Å². The molecule has 42 heavy (non-hydrogen) atoms. The Kier molecular flexibility index (Phi) is 8.15. The standard InChI is InChI=1S/C38H42N2O2/c1-4-6-7-8-9-13-24-32-34(29-21-15-16-22-30(29)39(32)5-2)36-37(41)35(38(36)42)33-26(3)40(25-27-18-11-10-12-19-27)31-23-17-14-20-28(31)33/h10-12,14-23,33,35H,4-9,13,24-25H2,1-3H3/p+1. The number of aromatic nitrogens is 1. The number of unbranched alkanes of at least 4 members (excludes halogenated alkanes) is 5. The molecule has 0 saturated carbocycles. The van der Waals surface area contributed by atoms with Crippen LogP contribution >= 0.6 is 0 Å². The van der Waals surface area contributed by atoms with Crippen LogP contribution in [0.4, 0.5) is 5.69 Å². The van der Waals surface area contributed by atoms with Gasteiger partial charge in [-0.3, -0.25) is 4.79 Å². The Morgan fingerprint density at radius 3 is 2.26 bits per heavy atom. The molecular formula is C38H43N2O2+. The molecule has 1 aliphatic heterocycles. The first-order valence-electron chi connectivity index (χ1n) is 15.9. The monoisotopic (exact) mass is 559 g/mol. The molecule has 1 aliphatic carbocycles. The van der Waals surface area contributed by atoms with Crippen LogP contribution in [0.1, 0.15) is 87.6 Å². The lowest BCUT2D eigenvalue weighted by Crippen LogP contribution is -2.37. The minimum absolute atomic E-state index is 0.0661. The van der Waals surface area contributed by atoms with E-state index in [0.29, 0.717) is 5.57 Å². The fourth-order valence-electron chi connectivity index (χ4n) is 7.35. The molecule has 2 unspecified atom stereocenters. The average Bonchev–Trinajstić information content (AvgIpc) is 3.46. The third-order valence-electron chi connectivity index (χ3n) is 9.45. The molecule has 216 valence electrons. The molecule has 6 rings (SSSR count). The predicted molar refractivity (Wildman–Crippen MR) is 173 cm³/mol. The van der Waals surface area contributed by atoms with Gasteiger partial charge in [0.2, 0.25) is 5.69 Å². The molecule has 1 aromatic heterocycles. The van der Waals surface area contributed by atoms with Gasteiger partial charge in [0.1, 0.15) is 5.76 Å². The van der Waals surface area contributed by atoms with Gasteiger partial charge in [-0.2, -0.15) is 4.58 Å². The van der Waals surface area contributed by atoms with Crippen molar-refractivity contribution < 1.29 is 14.5 Å². The fraction of sp³-hybridized carbons (Fsp3) is 0.368. The normalized spacial score (nSPS) is 18.2. The third kappa shape index (κ3) is 4.81. The molecule has 2 heterocycles. The minimum atomic E-state index is -0.549. The summed E-state index contributed by atoms with van der Waals surface area (Å²) in [5, 5.41) is 12.9. The highest BCUT2D eigenvalue weighted by Gasteiger charge is 2.53. The van der Waals surface area contributed by atoms with Gasteiger partial charge in [0.05, 0.1) is 17.4 Å². The smallest absolute Gasteiger partial charge is 0.209 e. The van der Waals surface area contributed by atoms with E-state index in [4.69, 9.17) is 0 Å². The summed E-state index contributed by atoms with van der Waals surface area (Å²) in [6, 6.07) is 27.2. The van der Waals surface area contributed by atoms with Gasteiger partial charge in [-0.05, 0) is 25.8 Å². The highest BCUT2D eigenvalue weighted by atomic mass is 16.3. The van der Waals surface area contributed by atoms with Gasteiger partial charge in [0.15, 0.2) is 18.0 Å². The Balaban J connectivity index is 1.38. The number of Topliss-reactive ketones (excluding diaryl/α,β-unsaturated/α-hetero) is 1. The quantitative estimate of drug-likeness (QED) is 0.139. The number of carbonyl (C=O) groups excluding carboxylic acids is 1. The van der Waals surface area contributed by atoms with Gasteiger partial charge < -0.3 is 9.67 Å². The molecule has 4 nitrogen and oxygen atoms in total. The predicted octanol–water partition coefficient (Wildman–Crippen LogP) is 9.13. The molecule has 2 atom stereocenters. The van der Waals surface area contributed by atoms with E-state index in [0.717, 1.165) is 59.4 Å². The van der Waals surface area contributed by atoms with Crippen molar-refractivity contribution in [1.29, 1.82) is 0 Å². The SMILES string of the molecule is CCCCCCCCc1c(C2=C(O)C(C3C(C)=[N+](Cc4ccccc4)c4ccccc43)C2=O)c2ccccc2n1CC. The molecule has 3 aromatic carbocycles. The number of aliphatic hydroxyl groups is 1. The fourth-order valence-corrected chi connectivity index (χ4v) is 7.35. The summed E-state index contributed by atoms with van der Waals surface area (Å²) >= 11 is 0. The van der Waals surface area contributed by atoms with E-state index >= 15 is 0 Å². The van der Waals surface area contributed by atoms with E-state index < -0.39 is 5.92 Å². The van der Waals surface area contributed by atoms with Gasteiger partial charge in [0, 0.05) is 52.8 Å². The Morgan fingerprint density at radius 1 is 0.810 bits per heavy atom. The zero-order valence-corrected chi connectivity index (χ0v) is 25.3. The Bertz CT molecular complexity index is 1670. The summed E-state index contributed by atoms with van der Waals surface area (Å²) in [5.41, 5.74) is 8.44. The molecule has 2 aliphatic rings. The summed E-state index contributed by atoms with van der Waals surface area (Å²) < 4.78 is 4.68. The van der Waals surface area contributed by atoms with E-state index in [2.05, 4.69) is 90.6 Å². The summed E-state index contributed by atoms with van der Waals surface area (Å²) in [6.07, 6.45) is 8.28. The molecule has 4 aromatic rings. The number of aryl methyl sites for hydroxylation is 1. The second kappa shape index (κ2) is 12.1. The lowest BCUT2D eigenvalue weighted by molar-refractivity contribution is -0.455. The lowest BCUT2D eigenvalue weighted by Gasteiger charge is -2.32. The topological polar surface area (TPSA) is 45.2 Å². The summed E-state index contributed by atoms with van der Waals surface area (Å²) in [6.45, 7) is 8.13. The zero-order valence-electron chi connectivity index (χ0n) is 25.3. The van der Waals surface area contributed by atoms with Crippen LogP contribution in [0.25, 0.3) is 16.5 Å². The van der Waals surface area contributed by atoms with Gasteiger partial charge in [0.25, 0.3) is 0 Å². The average molecular weight is 560 g/mol. The second-order valence-electron chi connectivity index (χ2n) is 12.0. The maximum Gasteiger partial charge on any atom is 0.209 e. The van der Waals surface area contributed by atoms with Crippen LogP contribution < -0.4 is 0 Å². The van der Waals surface area contributed by atoms with Gasteiger partial charge in [-0.25, -0.2) is 0 Å². The van der Waals surface area contributed by atoms with E-state index in [1.807, 2.05) is 18.2 Å². The van der Waals surface area contributed by atoms with Gasteiger partial charge in [-0.1, -0.05) is 106 Å². The number of fused-ring (bicyclic) bond motifs is 2. The number of hydrogen-bond acceptors (Lipinski definition) is 2. The first-order valence-corrected chi connectivity index (χ1v) is 15.9.